The Morgan fingerprint density at radius 2 is 1.71 bits per heavy atom. The number of amides is 4. The van der Waals surface area contributed by atoms with Gasteiger partial charge in [-0.15, -0.1) is 0 Å². The van der Waals surface area contributed by atoms with Crippen molar-refractivity contribution < 1.29 is 23.9 Å². The highest BCUT2D eigenvalue weighted by molar-refractivity contribution is 6.21. The summed E-state index contributed by atoms with van der Waals surface area (Å²) in [5.74, 6) is -0.397. The van der Waals surface area contributed by atoms with E-state index in [4.69, 9.17) is 4.74 Å². The fraction of sp³-hybridized carbons (Fsp3) is 0.407. The van der Waals surface area contributed by atoms with Crippen LogP contribution in [-0.4, -0.2) is 59.7 Å². The molecule has 1 heterocycles. The normalized spacial score (nSPS) is 13.4. The van der Waals surface area contributed by atoms with Gasteiger partial charge >= 0.3 is 0 Å². The Morgan fingerprint density at radius 1 is 1.03 bits per heavy atom. The van der Waals surface area contributed by atoms with Gasteiger partial charge in [0.2, 0.25) is 11.8 Å². The topological polar surface area (TPSA) is 96.0 Å². The lowest BCUT2D eigenvalue weighted by molar-refractivity contribution is -0.141. The van der Waals surface area contributed by atoms with Crippen LogP contribution in [0.4, 0.5) is 0 Å². The molecule has 1 N–H and O–H groups in total. The number of hydrogen-bond acceptors (Lipinski definition) is 5. The fourth-order valence-corrected chi connectivity index (χ4v) is 4.23. The predicted octanol–water partition coefficient (Wildman–Crippen LogP) is 3.41. The van der Waals surface area contributed by atoms with Crippen LogP contribution in [0.15, 0.2) is 48.5 Å². The lowest BCUT2D eigenvalue weighted by atomic mass is 10.1. The zero-order chi connectivity index (χ0) is 25.4. The van der Waals surface area contributed by atoms with E-state index in [0.717, 1.165) is 12.0 Å². The monoisotopic (exact) mass is 479 g/mol. The van der Waals surface area contributed by atoms with E-state index >= 15 is 0 Å². The molecule has 0 bridgehead atoms. The number of methoxy groups -OCH3 is 1. The predicted molar refractivity (Wildman–Crippen MR) is 132 cm³/mol. The van der Waals surface area contributed by atoms with Crippen LogP contribution in [0.3, 0.4) is 0 Å². The third kappa shape index (κ3) is 6.07. The maximum Gasteiger partial charge on any atom is 0.261 e. The second-order valence-electron chi connectivity index (χ2n) is 8.50. The first kappa shape index (κ1) is 25.9. The van der Waals surface area contributed by atoms with Crippen molar-refractivity contribution in [3.8, 4) is 5.75 Å². The molecule has 2 aromatic carbocycles. The maximum atomic E-state index is 13.4. The van der Waals surface area contributed by atoms with Gasteiger partial charge in [-0.25, -0.2) is 0 Å². The second-order valence-corrected chi connectivity index (χ2v) is 8.50. The summed E-state index contributed by atoms with van der Waals surface area (Å²) in [7, 11) is 1.58. The molecule has 1 aliphatic rings. The Labute approximate surface area is 206 Å². The van der Waals surface area contributed by atoms with Crippen LogP contribution in [0.25, 0.3) is 0 Å². The Hall–Kier alpha value is -3.68. The number of nitrogens with one attached hydrogen (secondary N) is 1. The molecule has 0 saturated heterocycles. The van der Waals surface area contributed by atoms with Crippen LogP contribution in [0.1, 0.15) is 65.8 Å². The smallest absolute Gasteiger partial charge is 0.261 e. The first-order valence-corrected chi connectivity index (χ1v) is 12.1. The summed E-state index contributed by atoms with van der Waals surface area (Å²) in [6.45, 7) is 4.78. The number of rotatable bonds is 12. The summed E-state index contributed by atoms with van der Waals surface area (Å²) in [4.78, 5) is 54.2. The average molecular weight is 480 g/mol. The third-order valence-electron chi connectivity index (χ3n) is 6.07. The van der Waals surface area contributed by atoms with Crippen molar-refractivity contribution in [1.29, 1.82) is 0 Å². The van der Waals surface area contributed by atoms with E-state index in [1.54, 1.807) is 36.3 Å². The molecule has 3 rings (SSSR count). The van der Waals surface area contributed by atoms with Gasteiger partial charge in [-0.2, -0.15) is 0 Å². The Morgan fingerprint density at radius 3 is 2.31 bits per heavy atom. The molecule has 8 nitrogen and oxygen atoms in total. The van der Waals surface area contributed by atoms with Gasteiger partial charge in [0.25, 0.3) is 11.8 Å². The average Bonchev–Trinajstić information content (AvgIpc) is 3.12. The molecule has 186 valence electrons. The van der Waals surface area contributed by atoms with E-state index in [1.807, 2.05) is 38.1 Å². The van der Waals surface area contributed by atoms with Gasteiger partial charge in [-0.05, 0) is 49.1 Å². The van der Waals surface area contributed by atoms with E-state index in [-0.39, 0.29) is 43.1 Å². The molecule has 8 heteroatoms. The SMILES string of the molecule is CCCNC(=O)[C@@H](CC)N(Cc1cccc(OC)c1)C(=O)CCCN1C(=O)c2ccccc2C1=O. The highest BCUT2D eigenvalue weighted by Gasteiger charge is 2.35. The van der Waals surface area contributed by atoms with Gasteiger partial charge < -0.3 is 15.0 Å². The number of nitrogens with zero attached hydrogens (tertiary/aromatic N) is 2. The summed E-state index contributed by atoms with van der Waals surface area (Å²) in [5.41, 5.74) is 1.63. The van der Waals surface area contributed by atoms with Crippen LogP contribution in [0.5, 0.6) is 5.75 Å². The zero-order valence-electron chi connectivity index (χ0n) is 20.6. The molecule has 0 saturated carbocycles. The number of hydrogen-bond donors (Lipinski definition) is 1. The summed E-state index contributed by atoms with van der Waals surface area (Å²) < 4.78 is 5.30. The molecule has 0 radical (unpaired) electrons. The highest BCUT2D eigenvalue weighted by Crippen LogP contribution is 2.23. The second kappa shape index (κ2) is 12.1. The number of carbonyl (C=O) groups excluding carboxylic acids is 4. The van der Waals surface area contributed by atoms with Gasteiger partial charge in [0.15, 0.2) is 0 Å². The third-order valence-corrected chi connectivity index (χ3v) is 6.07. The maximum absolute atomic E-state index is 13.4. The summed E-state index contributed by atoms with van der Waals surface area (Å²) in [6, 6.07) is 13.5. The number of ether oxygens (including phenoxy) is 1. The molecule has 0 unspecified atom stereocenters. The first-order valence-electron chi connectivity index (χ1n) is 12.1. The highest BCUT2D eigenvalue weighted by atomic mass is 16.5. The zero-order valence-corrected chi connectivity index (χ0v) is 20.6. The Kier molecular flexibility index (Phi) is 9.00. The summed E-state index contributed by atoms with van der Waals surface area (Å²) in [5, 5.41) is 2.89. The van der Waals surface area contributed by atoms with Crippen LogP contribution in [-0.2, 0) is 16.1 Å². The van der Waals surface area contributed by atoms with E-state index in [9.17, 15) is 19.2 Å². The molecule has 0 aliphatic carbocycles. The largest absolute Gasteiger partial charge is 0.497 e. The molecule has 0 aromatic heterocycles. The van der Waals surface area contributed by atoms with Gasteiger partial charge in [-0.1, -0.05) is 38.1 Å². The van der Waals surface area contributed by atoms with E-state index in [1.165, 1.54) is 4.90 Å². The van der Waals surface area contributed by atoms with Crippen molar-refractivity contribution in [3.05, 3.63) is 65.2 Å². The Balaban J connectivity index is 1.71. The lowest BCUT2D eigenvalue weighted by Crippen LogP contribution is -2.49. The summed E-state index contributed by atoms with van der Waals surface area (Å²) in [6.07, 6.45) is 1.68. The quantitative estimate of drug-likeness (QED) is 0.471. The standard InChI is InChI=1S/C27H33N3O5/c1-4-15-28-25(32)23(5-2)30(18-19-10-8-11-20(17-19)35-3)24(31)14-9-16-29-26(33)21-12-6-7-13-22(21)27(29)34/h6-8,10-13,17,23H,4-5,9,14-16,18H2,1-3H3,(H,28,32)/t23-/m1/s1. The minimum absolute atomic E-state index is 0.106. The minimum atomic E-state index is -0.625. The molecule has 4 amide bonds. The van der Waals surface area contributed by atoms with Crippen LogP contribution in [0, 0.1) is 0 Å². The molecule has 0 fully saturated rings. The minimum Gasteiger partial charge on any atom is -0.497 e. The first-order chi connectivity index (χ1) is 16.9. The van der Waals surface area contributed by atoms with Crippen LogP contribution in [0.2, 0.25) is 0 Å². The molecule has 0 spiro atoms. The number of carbonyl (C=O) groups is 4. The number of benzene rings is 2. The molecule has 2 aromatic rings. The van der Waals surface area contributed by atoms with Gasteiger partial charge in [-0.3, -0.25) is 24.1 Å². The van der Waals surface area contributed by atoms with Crippen LogP contribution < -0.4 is 10.1 Å². The van der Waals surface area contributed by atoms with E-state index in [0.29, 0.717) is 36.3 Å². The van der Waals surface area contributed by atoms with Crippen molar-refractivity contribution in [1.82, 2.24) is 15.1 Å². The molecule has 35 heavy (non-hydrogen) atoms. The van der Waals surface area contributed by atoms with Crippen molar-refractivity contribution in [2.75, 3.05) is 20.2 Å². The molecule has 1 atom stereocenters. The van der Waals surface area contributed by atoms with Gasteiger partial charge in [0.05, 0.1) is 18.2 Å². The summed E-state index contributed by atoms with van der Waals surface area (Å²) >= 11 is 0. The van der Waals surface area contributed by atoms with Gasteiger partial charge in [0.1, 0.15) is 11.8 Å². The van der Waals surface area contributed by atoms with Crippen molar-refractivity contribution >= 4 is 23.6 Å². The fourth-order valence-electron chi connectivity index (χ4n) is 4.23. The Bertz CT molecular complexity index is 1050. The van der Waals surface area contributed by atoms with Gasteiger partial charge in [0, 0.05) is 26.1 Å². The number of imide groups is 1. The van der Waals surface area contributed by atoms with E-state index in [2.05, 4.69) is 5.32 Å². The molecular formula is C27H33N3O5. The van der Waals surface area contributed by atoms with Crippen molar-refractivity contribution in [2.45, 2.75) is 52.1 Å². The van der Waals surface area contributed by atoms with Crippen LogP contribution >= 0.6 is 0 Å². The molecular weight excluding hydrogens is 446 g/mol. The van der Waals surface area contributed by atoms with Crippen molar-refractivity contribution in [2.24, 2.45) is 0 Å². The number of fused-ring (bicyclic) bond motifs is 1. The van der Waals surface area contributed by atoms with Crippen molar-refractivity contribution in [3.63, 3.8) is 0 Å². The van der Waals surface area contributed by atoms with E-state index < -0.39 is 6.04 Å². The lowest BCUT2D eigenvalue weighted by Gasteiger charge is -2.31. The molecule has 1 aliphatic heterocycles.